The predicted octanol–water partition coefficient (Wildman–Crippen LogP) is 2.78. The molecule has 0 amide bonds. The molecule has 0 fully saturated rings. The average Bonchev–Trinajstić information content (AvgIpc) is 2.21. The molecule has 0 heterocycles. The summed E-state index contributed by atoms with van der Waals surface area (Å²) in [6.07, 6.45) is 0. The van der Waals surface area contributed by atoms with Crippen molar-refractivity contribution in [3.63, 3.8) is 0 Å². The topological polar surface area (TPSA) is 44.5 Å². The summed E-state index contributed by atoms with van der Waals surface area (Å²) >= 11 is 5.92. The molecule has 0 aliphatic heterocycles. The second-order valence-electron chi connectivity index (χ2n) is 4.80. The Labute approximate surface area is 108 Å². The summed E-state index contributed by atoms with van der Waals surface area (Å²) in [5, 5.41) is 0.749. The second-order valence-corrected chi connectivity index (χ2v) is 5.21. The number of ether oxygens (including phenoxy) is 2. The van der Waals surface area contributed by atoms with Gasteiger partial charge in [-0.3, -0.25) is 0 Å². The van der Waals surface area contributed by atoms with Crippen molar-refractivity contribution in [2.45, 2.75) is 26.3 Å². The molecule has 1 aromatic carbocycles. The van der Waals surface area contributed by atoms with E-state index in [-0.39, 0.29) is 5.54 Å². The lowest BCUT2D eigenvalue weighted by atomic mass is 10.1. The van der Waals surface area contributed by atoms with Crippen molar-refractivity contribution in [1.82, 2.24) is 0 Å². The molecule has 0 bridgehead atoms. The molecular weight excluding hydrogens is 238 g/mol. The Balaban J connectivity index is 2.25. The van der Waals surface area contributed by atoms with Crippen LogP contribution in [0.15, 0.2) is 18.2 Å². The summed E-state index contributed by atoms with van der Waals surface area (Å²) in [6, 6.07) is 5.59. The van der Waals surface area contributed by atoms with Crippen LogP contribution >= 0.6 is 11.6 Å². The Morgan fingerprint density at radius 2 is 2.00 bits per heavy atom. The van der Waals surface area contributed by atoms with Gasteiger partial charge < -0.3 is 15.2 Å². The highest BCUT2D eigenvalue weighted by Gasteiger charge is 2.09. The third-order valence-electron chi connectivity index (χ3n) is 2.10. The van der Waals surface area contributed by atoms with Gasteiger partial charge in [-0.25, -0.2) is 0 Å². The maximum Gasteiger partial charge on any atom is 0.119 e. The van der Waals surface area contributed by atoms with E-state index in [4.69, 9.17) is 26.8 Å². The highest BCUT2D eigenvalue weighted by Crippen LogP contribution is 2.20. The summed E-state index contributed by atoms with van der Waals surface area (Å²) in [6.45, 7) is 7.37. The van der Waals surface area contributed by atoms with Gasteiger partial charge in [0.15, 0.2) is 0 Å². The number of nitrogens with two attached hydrogens (primary N) is 1. The van der Waals surface area contributed by atoms with Crippen molar-refractivity contribution in [3.8, 4) is 5.75 Å². The van der Waals surface area contributed by atoms with Crippen LogP contribution in [0.3, 0.4) is 0 Å². The number of rotatable bonds is 6. The molecule has 0 aliphatic carbocycles. The third-order valence-corrected chi connectivity index (χ3v) is 2.52. The predicted molar refractivity (Wildman–Crippen MR) is 70.8 cm³/mol. The smallest absolute Gasteiger partial charge is 0.119 e. The van der Waals surface area contributed by atoms with E-state index in [2.05, 4.69) is 0 Å². The first kappa shape index (κ1) is 14.3. The number of aryl methyl sites for hydroxylation is 1. The normalized spacial score (nSPS) is 11.6. The number of hydrogen-bond donors (Lipinski definition) is 1. The maximum absolute atomic E-state index is 5.92. The molecule has 96 valence electrons. The van der Waals surface area contributed by atoms with Gasteiger partial charge in [-0.2, -0.15) is 0 Å². The van der Waals surface area contributed by atoms with Gasteiger partial charge in [0.2, 0.25) is 0 Å². The van der Waals surface area contributed by atoms with Crippen LogP contribution in [0.5, 0.6) is 5.75 Å². The molecule has 2 N–H and O–H groups in total. The van der Waals surface area contributed by atoms with E-state index in [1.807, 2.05) is 39.0 Å². The lowest BCUT2D eigenvalue weighted by Gasteiger charge is -2.18. The molecule has 17 heavy (non-hydrogen) atoms. The largest absolute Gasteiger partial charge is 0.491 e. The number of halogens is 1. The van der Waals surface area contributed by atoms with Crippen molar-refractivity contribution < 1.29 is 9.47 Å². The van der Waals surface area contributed by atoms with Gasteiger partial charge in [0.05, 0.1) is 13.2 Å². The zero-order valence-corrected chi connectivity index (χ0v) is 11.4. The molecule has 1 aromatic rings. The fourth-order valence-corrected chi connectivity index (χ4v) is 1.38. The Morgan fingerprint density at radius 1 is 1.29 bits per heavy atom. The van der Waals surface area contributed by atoms with E-state index < -0.39 is 0 Å². The molecule has 0 aromatic heterocycles. The first-order chi connectivity index (χ1) is 7.88. The third kappa shape index (κ3) is 5.91. The Hall–Kier alpha value is -0.770. The van der Waals surface area contributed by atoms with E-state index in [0.29, 0.717) is 19.8 Å². The van der Waals surface area contributed by atoms with E-state index in [9.17, 15) is 0 Å². The van der Waals surface area contributed by atoms with E-state index in [1.165, 1.54) is 0 Å². The number of benzene rings is 1. The minimum atomic E-state index is -0.295. The zero-order chi connectivity index (χ0) is 12.9. The van der Waals surface area contributed by atoms with Gasteiger partial charge in [-0.1, -0.05) is 11.6 Å². The minimum absolute atomic E-state index is 0.295. The van der Waals surface area contributed by atoms with Gasteiger partial charge in [0.1, 0.15) is 12.4 Å². The van der Waals surface area contributed by atoms with Crippen LogP contribution in [-0.2, 0) is 4.74 Å². The molecule has 3 nitrogen and oxygen atoms in total. The zero-order valence-electron chi connectivity index (χ0n) is 10.6. The van der Waals surface area contributed by atoms with Crippen LogP contribution < -0.4 is 10.5 Å². The molecular formula is C13H20ClNO2. The molecule has 0 saturated heterocycles. The van der Waals surface area contributed by atoms with Crippen molar-refractivity contribution in [1.29, 1.82) is 0 Å². The summed E-state index contributed by atoms with van der Waals surface area (Å²) in [5.41, 5.74) is 6.50. The second kappa shape index (κ2) is 6.24. The molecule has 4 heteroatoms. The summed E-state index contributed by atoms with van der Waals surface area (Å²) < 4.78 is 10.9. The van der Waals surface area contributed by atoms with E-state index >= 15 is 0 Å². The summed E-state index contributed by atoms with van der Waals surface area (Å²) in [5.74, 6) is 0.808. The van der Waals surface area contributed by atoms with E-state index in [0.717, 1.165) is 16.3 Å². The van der Waals surface area contributed by atoms with Crippen LogP contribution in [0.1, 0.15) is 19.4 Å². The lowest BCUT2D eigenvalue weighted by Crippen LogP contribution is -2.37. The molecule has 0 aliphatic rings. The van der Waals surface area contributed by atoms with Gasteiger partial charge in [0.25, 0.3) is 0 Å². The molecule has 0 radical (unpaired) electrons. The van der Waals surface area contributed by atoms with Gasteiger partial charge >= 0.3 is 0 Å². The monoisotopic (exact) mass is 257 g/mol. The summed E-state index contributed by atoms with van der Waals surface area (Å²) in [7, 11) is 0. The first-order valence-electron chi connectivity index (χ1n) is 5.64. The van der Waals surface area contributed by atoms with Crippen LogP contribution in [0.25, 0.3) is 0 Å². The quantitative estimate of drug-likeness (QED) is 0.797. The SMILES string of the molecule is Cc1cc(OCCOCC(C)(C)N)ccc1Cl. The fourth-order valence-electron chi connectivity index (χ4n) is 1.26. The number of hydrogen-bond acceptors (Lipinski definition) is 3. The van der Waals surface area contributed by atoms with Gasteiger partial charge in [-0.05, 0) is 44.5 Å². The molecule has 1 rings (SSSR count). The molecule has 0 atom stereocenters. The molecule has 0 saturated carbocycles. The summed E-state index contributed by atoms with van der Waals surface area (Å²) in [4.78, 5) is 0. The van der Waals surface area contributed by atoms with E-state index in [1.54, 1.807) is 0 Å². The highest BCUT2D eigenvalue weighted by atomic mass is 35.5. The standard InChI is InChI=1S/C13H20ClNO2/c1-10-8-11(4-5-12(10)14)17-7-6-16-9-13(2,3)15/h4-5,8H,6-7,9,15H2,1-3H3. The lowest BCUT2D eigenvalue weighted by molar-refractivity contribution is 0.0724. The van der Waals surface area contributed by atoms with Crippen LogP contribution in [0.4, 0.5) is 0 Å². The van der Waals surface area contributed by atoms with Gasteiger partial charge in [0, 0.05) is 10.6 Å². The Bertz CT molecular complexity index is 361. The van der Waals surface area contributed by atoms with Crippen molar-refractivity contribution >= 4 is 11.6 Å². The average molecular weight is 258 g/mol. The maximum atomic E-state index is 5.92. The van der Waals surface area contributed by atoms with Crippen LogP contribution in [0.2, 0.25) is 5.02 Å². The molecule has 0 spiro atoms. The highest BCUT2D eigenvalue weighted by molar-refractivity contribution is 6.31. The van der Waals surface area contributed by atoms with Crippen molar-refractivity contribution in [2.75, 3.05) is 19.8 Å². The first-order valence-corrected chi connectivity index (χ1v) is 6.02. The van der Waals surface area contributed by atoms with Crippen LogP contribution in [-0.4, -0.2) is 25.4 Å². The fraction of sp³-hybridized carbons (Fsp3) is 0.538. The minimum Gasteiger partial charge on any atom is -0.491 e. The Morgan fingerprint density at radius 3 is 2.59 bits per heavy atom. The molecule has 0 unspecified atom stereocenters. The van der Waals surface area contributed by atoms with Crippen molar-refractivity contribution in [3.05, 3.63) is 28.8 Å². The Kier molecular flexibility index (Phi) is 5.25. The van der Waals surface area contributed by atoms with Crippen LogP contribution in [0, 0.1) is 6.92 Å². The van der Waals surface area contributed by atoms with Gasteiger partial charge in [-0.15, -0.1) is 0 Å². The van der Waals surface area contributed by atoms with Crippen molar-refractivity contribution in [2.24, 2.45) is 5.73 Å².